The average Bonchev–Trinajstić information content (AvgIpc) is 3.14. The van der Waals surface area contributed by atoms with Gasteiger partial charge in [0.15, 0.2) is 5.96 Å². The molecule has 1 aromatic rings. The van der Waals surface area contributed by atoms with Crippen LogP contribution in [0.15, 0.2) is 35.3 Å². The molecule has 0 aromatic heterocycles. The molecule has 0 aliphatic carbocycles. The molecule has 2 saturated heterocycles. The van der Waals surface area contributed by atoms with E-state index in [1.807, 2.05) is 0 Å². The number of nitrogens with zero attached hydrogens (tertiary/aromatic N) is 3. The molecule has 2 heterocycles. The molecule has 0 radical (unpaired) electrons. The lowest BCUT2D eigenvalue weighted by molar-refractivity contribution is -0.0679. The Hall–Kier alpha value is -0.860. The fourth-order valence-corrected chi connectivity index (χ4v) is 4.32. The number of benzene rings is 1. The van der Waals surface area contributed by atoms with Crippen molar-refractivity contribution in [3.05, 3.63) is 35.9 Å². The van der Waals surface area contributed by atoms with Gasteiger partial charge in [-0.05, 0) is 39.2 Å². The van der Waals surface area contributed by atoms with Crippen LogP contribution in [0.4, 0.5) is 0 Å². The van der Waals surface area contributed by atoms with Crippen LogP contribution in [0, 0.1) is 0 Å². The van der Waals surface area contributed by atoms with Crippen LogP contribution < -0.4 is 5.32 Å². The zero-order valence-corrected chi connectivity index (χ0v) is 20.0. The van der Waals surface area contributed by atoms with Crippen molar-refractivity contribution in [1.82, 2.24) is 15.1 Å². The SMILES string of the molecule is CCNC(=NCCCN1CC(C)OC(C)C1)N1CCC(c2ccccc2)C1.I. The fourth-order valence-electron chi connectivity index (χ4n) is 4.32. The van der Waals surface area contributed by atoms with Crippen molar-refractivity contribution in [2.45, 2.75) is 51.7 Å². The van der Waals surface area contributed by atoms with Crippen LogP contribution >= 0.6 is 24.0 Å². The fraction of sp³-hybridized carbons (Fsp3) is 0.682. The van der Waals surface area contributed by atoms with Gasteiger partial charge in [-0.2, -0.15) is 0 Å². The molecule has 0 amide bonds. The van der Waals surface area contributed by atoms with Crippen LogP contribution in [0.1, 0.15) is 45.1 Å². The van der Waals surface area contributed by atoms with Gasteiger partial charge in [-0.15, -0.1) is 24.0 Å². The lowest BCUT2D eigenvalue weighted by Gasteiger charge is -2.35. The van der Waals surface area contributed by atoms with E-state index in [9.17, 15) is 0 Å². The molecule has 2 fully saturated rings. The van der Waals surface area contributed by atoms with Crippen LogP contribution in [-0.4, -0.2) is 73.8 Å². The molecule has 2 aliphatic rings. The van der Waals surface area contributed by atoms with Crippen LogP contribution in [0.3, 0.4) is 0 Å². The summed E-state index contributed by atoms with van der Waals surface area (Å²) >= 11 is 0. The van der Waals surface area contributed by atoms with E-state index in [1.165, 1.54) is 12.0 Å². The molecule has 28 heavy (non-hydrogen) atoms. The number of aliphatic imine (C=N–C) groups is 1. The Balaban J connectivity index is 0.00000280. The lowest BCUT2D eigenvalue weighted by atomic mass is 9.99. The molecule has 3 rings (SSSR count). The summed E-state index contributed by atoms with van der Waals surface area (Å²) < 4.78 is 5.82. The van der Waals surface area contributed by atoms with Crippen molar-refractivity contribution in [1.29, 1.82) is 0 Å². The molecule has 1 N–H and O–H groups in total. The second-order valence-electron chi connectivity index (χ2n) is 7.95. The minimum atomic E-state index is 0. The number of likely N-dealkylation sites (tertiary alicyclic amines) is 1. The molecule has 2 aliphatic heterocycles. The maximum absolute atomic E-state index is 5.82. The summed E-state index contributed by atoms with van der Waals surface area (Å²) in [5.74, 6) is 1.70. The highest BCUT2D eigenvalue weighted by Gasteiger charge is 2.26. The van der Waals surface area contributed by atoms with Gasteiger partial charge in [0.2, 0.25) is 0 Å². The van der Waals surface area contributed by atoms with Crippen molar-refractivity contribution in [3.8, 4) is 0 Å². The van der Waals surface area contributed by atoms with Gasteiger partial charge in [-0.1, -0.05) is 30.3 Å². The Kier molecular flexibility index (Phi) is 10.0. The third-order valence-corrected chi connectivity index (χ3v) is 5.48. The number of hydrogen-bond donors (Lipinski definition) is 1. The van der Waals surface area contributed by atoms with Gasteiger partial charge in [-0.3, -0.25) is 9.89 Å². The highest BCUT2D eigenvalue weighted by molar-refractivity contribution is 14.0. The van der Waals surface area contributed by atoms with Gasteiger partial charge in [0.1, 0.15) is 0 Å². The van der Waals surface area contributed by atoms with Crippen LogP contribution in [0.25, 0.3) is 0 Å². The van der Waals surface area contributed by atoms with Gasteiger partial charge in [0.25, 0.3) is 0 Å². The van der Waals surface area contributed by atoms with Crippen LogP contribution in [0.2, 0.25) is 0 Å². The number of rotatable bonds is 6. The number of halogens is 1. The summed E-state index contributed by atoms with van der Waals surface area (Å²) in [4.78, 5) is 9.87. The third-order valence-electron chi connectivity index (χ3n) is 5.48. The average molecular weight is 500 g/mol. The quantitative estimate of drug-likeness (QED) is 0.281. The zero-order chi connectivity index (χ0) is 19.1. The van der Waals surface area contributed by atoms with Gasteiger partial charge >= 0.3 is 0 Å². The number of morpholine rings is 1. The van der Waals surface area contributed by atoms with Crippen molar-refractivity contribution < 1.29 is 4.74 Å². The second-order valence-corrected chi connectivity index (χ2v) is 7.95. The summed E-state index contributed by atoms with van der Waals surface area (Å²) in [5, 5.41) is 3.49. The summed E-state index contributed by atoms with van der Waals surface area (Å²) in [5.41, 5.74) is 1.45. The summed E-state index contributed by atoms with van der Waals surface area (Å²) in [7, 11) is 0. The standard InChI is InChI=1S/C22H36N4O.HI/c1-4-23-22(24-12-8-13-25-15-18(2)27-19(3)16-25)26-14-11-21(17-26)20-9-6-5-7-10-20;/h5-7,9-10,18-19,21H,4,8,11-17H2,1-3H3,(H,23,24);1H. The molecule has 0 spiro atoms. The first-order valence-corrected chi connectivity index (χ1v) is 10.6. The lowest BCUT2D eigenvalue weighted by Crippen LogP contribution is -2.45. The van der Waals surface area contributed by atoms with E-state index in [4.69, 9.17) is 9.73 Å². The van der Waals surface area contributed by atoms with E-state index in [-0.39, 0.29) is 24.0 Å². The summed E-state index contributed by atoms with van der Waals surface area (Å²) in [6.07, 6.45) is 2.99. The molecule has 1 aromatic carbocycles. The smallest absolute Gasteiger partial charge is 0.193 e. The molecule has 0 bridgehead atoms. The van der Waals surface area contributed by atoms with Crippen molar-refractivity contribution in [2.75, 3.05) is 45.8 Å². The molecule has 6 heteroatoms. The van der Waals surface area contributed by atoms with E-state index >= 15 is 0 Å². The highest BCUT2D eigenvalue weighted by Crippen LogP contribution is 2.26. The number of guanidine groups is 1. The van der Waals surface area contributed by atoms with E-state index in [0.29, 0.717) is 18.1 Å². The molecule has 158 valence electrons. The van der Waals surface area contributed by atoms with Crippen molar-refractivity contribution in [3.63, 3.8) is 0 Å². The van der Waals surface area contributed by atoms with Crippen LogP contribution in [0.5, 0.6) is 0 Å². The van der Waals surface area contributed by atoms with E-state index in [2.05, 4.69) is 66.2 Å². The topological polar surface area (TPSA) is 40.1 Å². The van der Waals surface area contributed by atoms with Crippen LogP contribution in [-0.2, 0) is 4.74 Å². The molecule has 0 saturated carbocycles. The minimum absolute atomic E-state index is 0. The Labute approximate surface area is 187 Å². The molecule has 5 nitrogen and oxygen atoms in total. The first-order valence-electron chi connectivity index (χ1n) is 10.6. The first-order chi connectivity index (χ1) is 13.2. The van der Waals surface area contributed by atoms with Crippen molar-refractivity contribution in [2.24, 2.45) is 4.99 Å². The van der Waals surface area contributed by atoms with Gasteiger partial charge in [0.05, 0.1) is 12.2 Å². The summed E-state index contributed by atoms with van der Waals surface area (Å²) in [6, 6.07) is 10.9. The minimum Gasteiger partial charge on any atom is -0.373 e. The zero-order valence-electron chi connectivity index (χ0n) is 17.6. The van der Waals surface area contributed by atoms with E-state index in [1.54, 1.807) is 0 Å². The second kappa shape index (κ2) is 12.0. The Morgan fingerprint density at radius 3 is 2.54 bits per heavy atom. The third kappa shape index (κ3) is 6.88. The number of nitrogens with one attached hydrogen (secondary N) is 1. The maximum atomic E-state index is 5.82. The predicted octanol–water partition coefficient (Wildman–Crippen LogP) is 3.56. The molecular weight excluding hydrogens is 463 g/mol. The Morgan fingerprint density at radius 1 is 1.14 bits per heavy atom. The predicted molar refractivity (Wildman–Crippen MR) is 128 cm³/mol. The Bertz CT molecular complexity index is 587. The van der Waals surface area contributed by atoms with Crippen molar-refractivity contribution >= 4 is 29.9 Å². The Morgan fingerprint density at radius 2 is 1.86 bits per heavy atom. The number of hydrogen-bond acceptors (Lipinski definition) is 3. The largest absolute Gasteiger partial charge is 0.373 e. The number of ether oxygens (including phenoxy) is 1. The normalized spacial score (nSPS) is 26.2. The molecular formula is C22H37IN4O. The monoisotopic (exact) mass is 500 g/mol. The van der Waals surface area contributed by atoms with Gasteiger partial charge in [0, 0.05) is 51.7 Å². The first kappa shape index (κ1) is 23.4. The molecule has 3 unspecified atom stereocenters. The van der Waals surface area contributed by atoms with E-state index in [0.717, 1.165) is 58.2 Å². The summed E-state index contributed by atoms with van der Waals surface area (Å²) in [6.45, 7) is 13.6. The van der Waals surface area contributed by atoms with Gasteiger partial charge < -0.3 is 15.0 Å². The van der Waals surface area contributed by atoms with Gasteiger partial charge in [-0.25, -0.2) is 0 Å². The molecule has 3 atom stereocenters. The maximum Gasteiger partial charge on any atom is 0.193 e. The van der Waals surface area contributed by atoms with E-state index < -0.39 is 0 Å². The highest BCUT2D eigenvalue weighted by atomic mass is 127.